The van der Waals surface area contributed by atoms with E-state index in [1.165, 1.54) is 24.3 Å². The van der Waals surface area contributed by atoms with Crippen LogP contribution in [0.1, 0.15) is 5.56 Å². The van der Waals surface area contributed by atoms with Gasteiger partial charge in [0.2, 0.25) is 0 Å². The van der Waals surface area contributed by atoms with Crippen molar-refractivity contribution < 1.29 is 4.39 Å². The first-order chi connectivity index (χ1) is 8.99. The Bertz CT molecular complexity index is 662. The van der Waals surface area contributed by atoms with Gasteiger partial charge >= 0.3 is 0 Å². The molecule has 3 nitrogen and oxygen atoms in total. The molecule has 1 N–H and O–H groups in total. The summed E-state index contributed by atoms with van der Waals surface area (Å²) in [4.78, 5) is 4.01. The van der Waals surface area contributed by atoms with Crippen molar-refractivity contribution in [2.24, 2.45) is 0 Å². The molecule has 0 aliphatic carbocycles. The molecule has 1 heterocycles. The summed E-state index contributed by atoms with van der Waals surface area (Å²) in [6.45, 7) is 0. The second kappa shape index (κ2) is 5.74. The number of pyridine rings is 1. The standard InChI is InChI=1S/C12H5BrCl2FN3/c13-8-3-7(16)4-9(14)12(8)19-11-2-6(5-17)1-10(15)18-11/h1-4H,(H,18,19). The van der Waals surface area contributed by atoms with Crippen molar-refractivity contribution >= 4 is 50.6 Å². The van der Waals surface area contributed by atoms with Gasteiger partial charge in [0.05, 0.1) is 22.3 Å². The number of benzene rings is 1. The van der Waals surface area contributed by atoms with Crippen molar-refractivity contribution in [3.63, 3.8) is 0 Å². The zero-order chi connectivity index (χ0) is 14.0. The van der Waals surface area contributed by atoms with Crippen molar-refractivity contribution in [1.82, 2.24) is 4.98 Å². The van der Waals surface area contributed by atoms with Crippen LogP contribution in [0, 0.1) is 17.1 Å². The lowest BCUT2D eigenvalue weighted by molar-refractivity contribution is 0.627. The lowest BCUT2D eigenvalue weighted by Crippen LogP contribution is -1.97. The summed E-state index contributed by atoms with van der Waals surface area (Å²) in [6.07, 6.45) is 0. The number of hydrogen-bond donors (Lipinski definition) is 1. The summed E-state index contributed by atoms with van der Waals surface area (Å²) in [5.41, 5.74) is 0.804. The van der Waals surface area contributed by atoms with E-state index < -0.39 is 5.82 Å². The van der Waals surface area contributed by atoms with Crippen LogP contribution in [0.5, 0.6) is 0 Å². The molecule has 0 fully saturated rings. The normalized spacial score (nSPS) is 10.1. The van der Waals surface area contributed by atoms with E-state index in [9.17, 15) is 4.39 Å². The molecule has 19 heavy (non-hydrogen) atoms. The predicted octanol–water partition coefficient (Wildman–Crippen LogP) is 4.91. The largest absolute Gasteiger partial charge is 0.338 e. The molecule has 0 atom stereocenters. The highest BCUT2D eigenvalue weighted by atomic mass is 79.9. The van der Waals surface area contributed by atoms with E-state index in [-0.39, 0.29) is 10.2 Å². The smallest absolute Gasteiger partial charge is 0.133 e. The minimum absolute atomic E-state index is 0.177. The van der Waals surface area contributed by atoms with Crippen LogP contribution in [0.15, 0.2) is 28.7 Å². The number of nitrogens with one attached hydrogen (secondary N) is 1. The second-order valence-electron chi connectivity index (χ2n) is 3.55. The number of aromatic nitrogens is 1. The summed E-state index contributed by atoms with van der Waals surface area (Å²) in [5, 5.41) is 12.1. The number of nitriles is 1. The number of rotatable bonds is 2. The van der Waals surface area contributed by atoms with Crippen molar-refractivity contribution in [3.8, 4) is 6.07 Å². The van der Waals surface area contributed by atoms with Gasteiger partial charge in [0, 0.05) is 4.47 Å². The molecule has 0 aliphatic rings. The third-order valence-electron chi connectivity index (χ3n) is 2.18. The van der Waals surface area contributed by atoms with Gasteiger partial charge in [-0.25, -0.2) is 9.37 Å². The van der Waals surface area contributed by atoms with Crippen LogP contribution in [0.3, 0.4) is 0 Å². The summed E-state index contributed by atoms with van der Waals surface area (Å²) >= 11 is 14.9. The Hall–Kier alpha value is -1.35. The predicted molar refractivity (Wildman–Crippen MR) is 76.4 cm³/mol. The van der Waals surface area contributed by atoms with Gasteiger partial charge in [0.1, 0.15) is 16.8 Å². The van der Waals surface area contributed by atoms with E-state index in [1.54, 1.807) is 0 Å². The van der Waals surface area contributed by atoms with Crippen LogP contribution in [-0.4, -0.2) is 4.98 Å². The molecule has 0 spiro atoms. The molecule has 1 aromatic heterocycles. The van der Waals surface area contributed by atoms with Gasteiger partial charge in [-0.1, -0.05) is 23.2 Å². The van der Waals surface area contributed by atoms with Gasteiger partial charge in [-0.2, -0.15) is 5.26 Å². The average Bonchev–Trinajstić information content (AvgIpc) is 2.33. The zero-order valence-corrected chi connectivity index (χ0v) is 12.3. The van der Waals surface area contributed by atoms with E-state index in [2.05, 4.69) is 26.2 Å². The van der Waals surface area contributed by atoms with E-state index in [0.717, 1.165) is 0 Å². The molecule has 0 amide bonds. The van der Waals surface area contributed by atoms with Crippen molar-refractivity contribution in [1.29, 1.82) is 5.26 Å². The molecule has 2 aromatic rings. The van der Waals surface area contributed by atoms with Crippen LogP contribution in [0.4, 0.5) is 15.9 Å². The lowest BCUT2D eigenvalue weighted by atomic mass is 10.2. The van der Waals surface area contributed by atoms with Crippen molar-refractivity contribution in [2.75, 3.05) is 5.32 Å². The fourth-order valence-corrected chi connectivity index (χ4v) is 2.52. The Morgan fingerprint density at radius 3 is 2.63 bits per heavy atom. The van der Waals surface area contributed by atoms with Gasteiger partial charge in [-0.05, 0) is 40.2 Å². The summed E-state index contributed by atoms with van der Waals surface area (Å²) < 4.78 is 13.6. The molecular formula is C12H5BrCl2FN3. The molecule has 0 saturated heterocycles. The Kier molecular flexibility index (Phi) is 4.25. The third kappa shape index (κ3) is 3.35. The number of nitrogens with zero attached hydrogens (tertiary/aromatic N) is 2. The van der Waals surface area contributed by atoms with E-state index in [0.29, 0.717) is 21.5 Å². The fraction of sp³-hybridized carbons (Fsp3) is 0. The molecule has 0 bridgehead atoms. The van der Waals surface area contributed by atoms with Crippen LogP contribution < -0.4 is 5.32 Å². The Labute approximate surface area is 127 Å². The van der Waals surface area contributed by atoms with Crippen LogP contribution in [0.25, 0.3) is 0 Å². The molecular weight excluding hydrogens is 356 g/mol. The van der Waals surface area contributed by atoms with E-state index in [1.807, 2.05) is 6.07 Å². The highest BCUT2D eigenvalue weighted by Gasteiger charge is 2.10. The molecule has 0 aliphatic heterocycles. The molecule has 2 rings (SSSR count). The Morgan fingerprint density at radius 2 is 2.00 bits per heavy atom. The van der Waals surface area contributed by atoms with Gasteiger partial charge in [0.15, 0.2) is 0 Å². The number of anilines is 2. The fourth-order valence-electron chi connectivity index (χ4n) is 1.42. The summed E-state index contributed by atoms with van der Waals surface area (Å²) in [7, 11) is 0. The van der Waals surface area contributed by atoms with Crippen LogP contribution >= 0.6 is 39.1 Å². The molecule has 0 saturated carbocycles. The highest BCUT2D eigenvalue weighted by Crippen LogP contribution is 2.34. The lowest BCUT2D eigenvalue weighted by Gasteiger charge is -2.10. The summed E-state index contributed by atoms with van der Waals surface area (Å²) in [6, 6.07) is 7.35. The summed E-state index contributed by atoms with van der Waals surface area (Å²) in [5.74, 6) is -0.113. The van der Waals surface area contributed by atoms with Crippen molar-refractivity contribution in [3.05, 3.63) is 50.3 Å². The molecule has 96 valence electrons. The van der Waals surface area contributed by atoms with Crippen LogP contribution in [-0.2, 0) is 0 Å². The highest BCUT2D eigenvalue weighted by molar-refractivity contribution is 9.10. The van der Waals surface area contributed by atoms with Gasteiger partial charge in [-0.15, -0.1) is 0 Å². The van der Waals surface area contributed by atoms with Gasteiger partial charge in [-0.3, -0.25) is 0 Å². The Balaban J connectivity index is 2.42. The molecule has 0 unspecified atom stereocenters. The van der Waals surface area contributed by atoms with Gasteiger partial charge in [0.25, 0.3) is 0 Å². The first kappa shape index (κ1) is 14.1. The first-order valence-corrected chi connectivity index (χ1v) is 6.54. The minimum atomic E-state index is -0.459. The Morgan fingerprint density at radius 1 is 1.26 bits per heavy atom. The maximum absolute atomic E-state index is 13.1. The third-order valence-corrected chi connectivity index (χ3v) is 3.30. The second-order valence-corrected chi connectivity index (χ2v) is 5.19. The number of hydrogen-bond acceptors (Lipinski definition) is 3. The van der Waals surface area contributed by atoms with E-state index in [4.69, 9.17) is 28.5 Å². The maximum Gasteiger partial charge on any atom is 0.133 e. The maximum atomic E-state index is 13.1. The first-order valence-electron chi connectivity index (χ1n) is 4.99. The number of halogens is 4. The quantitative estimate of drug-likeness (QED) is 0.774. The molecule has 1 aromatic carbocycles. The van der Waals surface area contributed by atoms with Gasteiger partial charge < -0.3 is 5.32 Å². The zero-order valence-electron chi connectivity index (χ0n) is 9.22. The minimum Gasteiger partial charge on any atom is -0.338 e. The van der Waals surface area contributed by atoms with Crippen molar-refractivity contribution in [2.45, 2.75) is 0 Å². The molecule has 7 heteroatoms. The topological polar surface area (TPSA) is 48.7 Å². The molecule has 0 radical (unpaired) electrons. The SMILES string of the molecule is N#Cc1cc(Cl)nc(Nc2c(Cl)cc(F)cc2Br)c1. The monoisotopic (exact) mass is 359 g/mol. The average molecular weight is 361 g/mol. The van der Waals surface area contributed by atoms with E-state index >= 15 is 0 Å². The van der Waals surface area contributed by atoms with Crippen LogP contribution in [0.2, 0.25) is 10.2 Å².